The van der Waals surface area contributed by atoms with Gasteiger partial charge in [0.25, 0.3) is 0 Å². The third-order valence-corrected chi connectivity index (χ3v) is 9.08. The van der Waals surface area contributed by atoms with Gasteiger partial charge in [0.1, 0.15) is 17.9 Å². The first-order valence-electron chi connectivity index (χ1n) is 12.6. The Morgan fingerprint density at radius 3 is 2.86 bits per heavy atom. The summed E-state index contributed by atoms with van der Waals surface area (Å²) in [6.07, 6.45) is 6.67. The molecule has 1 unspecified atom stereocenters. The Balaban J connectivity index is 1.41. The Hall–Kier alpha value is -2.70. The van der Waals surface area contributed by atoms with Gasteiger partial charge in [0.15, 0.2) is 6.10 Å². The van der Waals surface area contributed by atoms with Gasteiger partial charge in [-0.15, -0.1) is 0 Å². The number of nitrogens with zero attached hydrogens (tertiary/aromatic N) is 1. The van der Waals surface area contributed by atoms with Crippen LogP contribution in [0.5, 0.6) is 5.75 Å². The van der Waals surface area contributed by atoms with E-state index in [1.165, 1.54) is 5.57 Å². The number of carbonyl (C=O) groups excluding carboxylic acids is 1. The van der Waals surface area contributed by atoms with Crippen LogP contribution in [0, 0.1) is 22.7 Å². The molecule has 6 heteroatoms. The van der Waals surface area contributed by atoms with Crippen molar-refractivity contribution in [1.29, 1.82) is 0 Å². The molecule has 2 N–H and O–H groups in total. The number of aromatic nitrogens is 1. The van der Waals surface area contributed by atoms with Crippen LogP contribution in [-0.4, -0.2) is 46.6 Å². The van der Waals surface area contributed by atoms with Crippen LogP contribution in [0.3, 0.4) is 0 Å². The number of esters is 1. The SMILES string of the molecule is C=C1CC[C@H]2[C@@](C)(CCC(O)[C@@]2(C)CO)[C@@H]1C/C=C1/C(=O)OC[C@H]1Oc1cccc2cccnc12. The van der Waals surface area contributed by atoms with E-state index in [0.29, 0.717) is 24.2 Å². The van der Waals surface area contributed by atoms with Gasteiger partial charge in [-0.1, -0.05) is 50.3 Å². The molecule has 1 saturated heterocycles. The van der Waals surface area contributed by atoms with E-state index in [4.69, 9.17) is 9.47 Å². The van der Waals surface area contributed by atoms with Crippen LogP contribution in [0.2, 0.25) is 0 Å². The number of carbonyl (C=O) groups is 1. The average molecular weight is 478 g/mol. The van der Waals surface area contributed by atoms with E-state index in [1.807, 2.05) is 43.3 Å². The van der Waals surface area contributed by atoms with Gasteiger partial charge in [-0.3, -0.25) is 4.98 Å². The van der Waals surface area contributed by atoms with Crippen molar-refractivity contribution in [3.05, 3.63) is 60.3 Å². The van der Waals surface area contributed by atoms with E-state index in [0.717, 1.165) is 30.2 Å². The van der Waals surface area contributed by atoms with Crippen LogP contribution in [0.15, 0.2) is 60.3 Å². The number of rotatable bonds is 5. The Kier molecular flexibility index (Phi) is 6.22. The number of ether oxygens (including phenoxy) is 2. The summed E-state index contributed by atoms with van der Waals surface area (Å²) in [5.74, 6) is 0.624. The minimum absolute atomic E-state index is 0.0317. The van der Waals surface area contributed by atoms with Crippen LogP contribution in [0.25, 0.3) is 10.9 Å². The molecule has 0 bridgehead atoms. The Bertz CT molecular complexity index is 1170. The summed E-state index contributed by atoms with van der Waals surface area (Å²) < 4.78 is 11.7. The van der Waals surface area contributed by atoms with E-state index in [1.54, 1.807) is 6.20 Å². The minimum Gasteiger partial charge on any atom is -0.480 e. The third-order valence-electron chi connectivity index (χ3n) is 9.08. The zero-order valence-electron chi connectivity index (χ0n) is 20.6. The second-order valence-corrected chi connectivity index (χ2v) is 11.0. The molecule has 0 radical (unpaired) electrons. The minimum atomic E-state index is -0.529. The van der Waals surface area contributed by atoms with Crippen LogP contribution in [0.4, 0.5) is 0 Å². The molecule has 1 aromatic carbocycles. The summed E-state index contributed by atoms with van der Waals surface area (Å²) in [6.45, 7) is 8.83. The maximum Gasteiger partial charge on any atom is 0.337 e. The predicted molar refractivity (Wildman–Crippen MR) is 134 cm³/mol. The summed E-state index contributed by atoms with van der Waals surface area (Å²) in [5, 5.41) is 22.0. The molecular formula is C29H35NO5. The molecule has 2 aromatic rings. The van der Waals surface area contributed by atoms with E-state index in [-0.39, 0.29) is 36.4 Å². The second kappa shape index (κ2) is 9.07. The highest BCUT2D eigenvalue weighted by molar-refractivity contribution is 5.92. The number of allylic oxidation sites excluding steroid dienone is 2. The van der Waals surface area contributed by atoms with Crippen molar-refractivity contribution in [2.24, 2.45) is 22.7 Å². The molecule has 2 aliphatic carbocycles. The number of benzene rings is 1. The topological polar surface area (TPSA) is 88.9 Å². The fraction of sp³-hybridized carbons (Fsp3) is 0.517. The largest absolute Gasteiger partial charge is 0.480 e. The van der Waals surface area contributed by atoms with Crippen LogP contribution >= 0.6 is 0 Å². The number of hydrogen-bond acceptors (Lipinski definition) is 6. The summed E-state index contributed by atoms with van der Waals surface area (Å²) >= 11 is 0. The van der Waals surface area contributed by atoms with E-state index in [2.05, 4.69) is 18.5 Å². The fourth-order valence-corrected chi connectivity index (χ4v) is 6.97. The van der Waals surface area contributed by atoms with Crippen molar-refractivity contribution in [2.75, 3.05) is 13.2 Å². The molecule has 0 spiro atoms. The number of fused-ring (bicyclic) bond motifs is 2. The zero-order valence-corrected chi connectivity index (χ0v) is 20.6. The van der Waals surface area contributed by atoms with Gasteiger partial charge in [0.05, 0.1) is 18.3 Å². The smallest absolute Gasteiger partial charge is 0.337 e. The number of cyclic esters (lactones) is 1. The molecule has 6 nitrogen and oxygen atoms in total. The molecule has 5 rings (SSSR count). The monoisotopic (exact) mass is 477 g/mol. The highest BCUT2D eigenvalue weighted by atomic mass is 16.6. The highest BCUT2D eigenvalue weighted by Gasteiger charge is 2.57. The van der Waals surface area contributed by atoms with Crippen molar-refractivity contribution in [3.8, 4) is 5.75 Å². The van der Waals surface area contributed by atoms with Crippen LogP contribution < -0.4 is 4.74 Å². The Labute approximate surface area is 206 Å². The molecule has 186 valence electrons. The van der Waals surface area contributed by atoms with Gasteiger partial charge in [0, 0.05) is 17.0 Å². The number of para-hydroxylation sites is 1. The lowest BCUT2D eigenvalue weighted by Gasteiger charge is -2.59. The summed E-state index contributed by atoms with van der Waals surface area (Å²) in [7, 11) is 0. The van der Waals surface area contributed by atoms with Crippen molar-refractivity contribution in [3.63, 3.8) is 0 Å². The van der Waals surface area contributed by atoms with Gasteiger partial charge in [-0.2, -0.15) is 0 Å². The summed E-state index contributed by atoms with van der Waals surface area (Å²) in [4.78, 5) is 17.1. The number of hydrogen-bond donors (Lipinski definition) is 2. The fourth-order valence-electron chi connectivity index (χ4n) is 6.97. The average Bonchev–Trinajstić information content (AvgIpc) is 3.20. The van der Waals surface area contributed by atoms with E-state index < -0.39 is 17.6 Å². The maximum atomic E-state index is 12.7. The zero-order chi connectivity index (χ0) is 24.8. The molecule has 3 fully saturated rings. The van der Waals surface area contributed by atoms with Crippen molar-refractivity contribution >= 4 is 16.9 Å². The quantitative estimate of drug-likeness (QED) is 0.372. The first kappa shape index (κ1) is 24.0. The maximum absolute atomic E-state index is 12.7. The van der Waals surface area contributed by atoms with Gasteiger partial charge < -0.3 is 19.7 Å². The summed E-state index contributed by atoms with van der Waals surface area (Å²) in [6, 6.07) is 9.64. The number of aliphatic hydroxyl groups is 2. The second-order valence-electron chi connectivity index (χ2n) is 11.0. The molecule has 1 aromatic heterocycles. The molecule has 1 aliphatic heterocycles. The van der Waals surface area contributed by atoms with Crippen LogP contribution in [0.1, 0.15) is 46.0 Å². The van der Waals surface area contributed by atoms with E-state index in [9.17, 15) is 15.0 Å². The molecule has 3 aliphatic rings. The number of pyridine rings is 1. The third kappa shape index (κ3) is 3.97. The predicted octanol–water partition coefficient (Wildman–Crippen LogP) is 4.60. The first-order valence-corrected chi connectivity index (χ1v) is 12.6. The highest BCUT2D eigenvalue weighted by Crippen LogP contribution is 2.61. The van der Waals surface area contributed by atoms with Crippen molar-refractivity contribution in [1.82, 2.24) is 4.98 Å². The first-order chi connectivity index (χ1) is 16.8. The molecule has 6 atom stereocenters. The number of aliphatic hydroxyl groups excluding tert-OH is 2. The lowest BCUT2D eigenvalue weighted by atomic mass is 9.46. The normalized spacial score (nSPS) is 36.3. The van der Waals surface area contributed by atoms with Crippen LogP contribution in [-0.2, 0) is 9.53 Å². The van der Waals surface area contributed by atoms with Gasteiger partial charge in [0.2, 0.25) is 0 Å². The molecular weight excluding hydrogens is 442 g/mol. The molecule has 2 saturated carbocycles. The summed E-state index contributed by atoms with van der Waals surface area (Å²) in [5.41, 5.74) is 1.84. The molecule has 35 heavy (non-hydrogen) atoms. The van der Waals surface area contributed by atoms with E-state index >= 15 is 0 Å². The molecule has 2 heterocycles. The standard InChI is InChI=1S/C29H35NO5/c1-18-9-12-24-28(2,14-13-25(32)29(24,3)17-31)21(18)11-10-20-23(16-34-27(20)33)35-22-8-4-6-19-7-5-15-30-26(19)22/h4-8,10,15,21,23-25,31-32H,1,9,11-14,16-17H2,2-3H3/b20-10+/t21-,23-,24+,25?,28+,29+/m1/s1. The van der Waals surface area contributed by atoms with Gasteiger partial charge in [-0.05, 0) is 61.5 Å². The Morgan fingerprint density at radius 1 is 1.26 bits per heavy atom. The van der Waals surface area contributed by atoms with Gasteiger partial charge in [-0.25, -0.2) is 4.79 Å². The lowest BCUT2D eigenvalue weighted by molar-refractivity contribution is -0.151. The molecule has 0 amide bonds. The van der Waals surface area contributed by atoms with Crippen molar-refractivity contribution in [2.45, 2.75) is 58.2 Å². The Morgan fingerprint density at radius 2 is 2.06 bits per heavy atom. The van der Waals surface area contributed by atoms with Crippen molar-refractivity contribution < 1.29 is 24.5 Å². The lowest BCUT2D eigenvalue weighted by Crippen LogP contribution is -2.57. The van der Waals surface area contributed by atoms with Gasteiger partial charge >= 0.3 is 5.97 Å².